The first-order valence-corrected chi connectivity index (χ1v) is 4.81. The number of thiophene rings is 1. The Bertz CT molecular complexity index is 197. The molecule has 3 heteroatoms. The Kier molecular flexibility index (Phi) is 3.39. The van der Waals surface area contributed by atoms with Crippen molar-refractivity contribution in [3.63, 3.8) is 0 Å². The molecule has 1 aromatic heterocycles. The SMILES string of the molecule is CCOCc1sccc1Br. The highest BCUT2D eigenvalue weighted by atomic mass is 79.9. The highest BCUT2D eigenvalue weighted by Gasteiger charge is 1.98. The predicted molar refractivity (Wildman–Crippen MR) is 47.3 cm³/mol. The van der Waals surface area contributed by atoms with E-state index in [-0.39, 0.29) is 0 Å². The highest BCUT2D eigenvalue weighted by molar-refractivity contribution is 9.10. The average Bonchev–Trinajstić information content (AvgIpc) is 2.31. The van der Waals surface area contributed by atoms with Crippen molar-refractivity contribution in [1.29, 1.82) is 0 Å². The van der Waals surface area contributed by atoms with Crippen LogP contribution < -0.4 is 0 Å². The van der Waals surface area contributed by atoms with Crippen LogP contribution in [0.2, 0.25) is 0 Å². The normalized spacial score (nSPS) is 10.2. The smallest absolute Gasteiger partial charge is 0.0820 e. The predicted octanol–water partition coefficient (Wildman–Crippen LogP) is 3.05. The van der Waals surface area contributed by atoms with E-state index in [1.54, 1.807) is 11.3 Å². The van der Waals surface area contributed by atoms with Gasteiger partial charge in [-0.3, -0.25) is 0 Å². The van der Waals surface area contributed by atoms with Crippen LogP contribution in [0.25, 0.3) is 0 Å². The molecule has 1 nitrogen and oxygen atoms in total. The molecule has 0 N–H and O–H groups in total. The van der Waals surface area contributed by atoms with Crippen LogP contribution in [0, 0.1) is 0 Å². The molecule has 0 aliphatic carbocycles. The van der Waals surface area contributed by atoms with Gasteiger partial charge < -0.3 is 4.74 Å². The molecule has 0 fully saturated rings. The lowest BCUT2D eigenvalue weighted by Crippen LogP contribution is -1.88. The number of ether oxygens (including phenoxy) is 1. The topological polar surface area (TPSA) is 9.23 Å². The molecule has 0 saturated heterocycles. The van der Waals surface area contributed by atoms with Crippen LogP contribution in [0.1, 0.15) is 11.8 Å². The van der Waals surface area contributed by atoms with Crippen molar-refractivity contribution in [2.45, 2.75) is 13.5 Å². The molecule has 0 spiro atoms. The van der Waals surface area contributed by atoms with Crippen molar-refractivity contribution in [1.82, 2.24) is 0 Å². The Hall–Kier alpha value is 0.140. The Labute approximate surface area is 73.1 Å². The van der Waals surface area contributed by atoms with E-state index >= 15 is 0 Å². The molecule has 1 heterocycles. The number of hydrogen-bond donors (Lipinski definition) is 0. The summed E-state index contributed by atoms with van der Waals surface area (Å²) in [6.45, 7) is 3.51. The second kappa shape index (κ2) is 4.11. The molecule has 0 radical (unpaired) electrons. The van der Waals surface area contributed by atoms with Crippen molar-refractivity contribution in [2.24, 2.45) is 0 Å². The third kappa shape index (κ3) is 2.08. The summed E-state index contributed by atoms with van der Waals surface area (Å²) in [4.78, 5) is 1.27. The van der Waals surface area contributed by atoms with Crippen molar-refractivity contribution >= 4 is 27.3 Å². The lowest BCUT2D eigenvalue weighted by atomic mass is 10.5. The van der Waals surface area contributed by atoms with E-state index < -0.39 is 0 Å². The van der Waals surface area contributed by atoms with E-state index in [0.717, 1.165) is 17.7 Å². The molecule has 56 valence electrons. The van der Waals surface area contributed by atoms with Crippen LogP contribution in [0.5, 0.6) is 0 Å². The number of rotatable bonds is 3. The van der Waals surface area contributed by atoms with Gasteiger partial charge in [0.25, 0.3) is 0 Å². The van der Waals surface area contributed by atoms with Crippen LogP contribution in [0.4, 0.5) is 0 Å². The summed E-state index contributed by atoms with van der Waals surface area (Å²) in [5.74, 6) is 0. The van der Waals surface area contributed by atoms with Gasteiger partial charge in [0, 0.05) is 16.0 Å². The number of halogens is 1. The minimum atomic E-state index is 0.731. The van der Waals surface area contributed by atoms with Gasteiger partial charge in [-0.15, -0.1) is 11.3 Å². The largest absolute Gasteiger partial charge is 0.376 e. The Balaban J connectivity index is 2.49. The van der Waals surface area contributed by atoms with Gasteiger partial charge >= 0.3 is 0 Å². The molecular weight excluding hydrogens is 212 g/mol. The lowest BCUT2D eigenvalue weighted by molar-refractivity contribution is 0.136. The van der Waals surface area contributed by atoms with Crippen LogP contribution in [-0.2, 0) is 11.3 Å². The van der Waals surface area contributed by atoms with E-state index in [1.165, 1.54) is 4.88 Å². The summed E-state index contributed by atoms with van der Waals surface area (Å²) >= 11 is 5.14. The highest BCUT2D eigenvalue weighted by Crippen LogP contribution is 2.22. The molecule has 0 amide bonds. The molecule has 0 bridgehead atoms. The molecule has 0 aliphatic rings. The Morgan fingerprint density at radius 1 is 1.70 bits per heavy atom. The Morgan fingerprint density at radius 3 is 3.00 bits per heavy atom. The van der Waals surface area contributed by atoms with Crippen LogP contribution in [0.3, 0.4) is 0 Å². The monoisotopic (exact) mass is 220 g/mol. The van der Waals surface area contributed by atoms with Crippen LogP contribution >= 0.6 is 27.3 Å². The molecule has 1 aromatic rings. The van der Waals surface area contributed by atoms with Crippen LogP contribution in [-0.4, -0.2) is 6.61 Å². The summed E-state index contributed by atoms with van der Waals surface area (Å²) in [5, 5.41) is 2.05. The summed E-state index contributed by atoms with van der Waals surface area (Å²) in [5.41, 5.74) is 0. The third-order valence-electron chi connectivity index (χ3n) is 1.13. The molecule has 1 rings (SSSR count). The van der Waals surface area contributed by atoms with Crippen molar-refractivity contribution in [3.05, 3.63) is 20.8 Å². The van der Waals surface area contributed by atoms with Gasteiger partial charge in [-0.1, -0.05) is 0 Å². The van der Waals surface area contributed by atoms with E-state index in [9.17, 15) is 0 Å². The van der Waals surface area contributed by atoms with E-state index in [0.29, 0.717) is 0 Å². The fourth-order valence-electron chi connectivity index (χ4n) is 0.623. The molecule has 0 unspecified atom stereocenters. The van der Waals surface area contributed by atoms with Gasteiger partial charge in [0.05, 0.1) is 6.61 Å². The van der Waals surface area contributed by atoms with Crippen molar-refractivity contribution < 1.29 is 4.74 Å². The molecule has 0 aliphatic heterocycles. The Morgan fingerprint density at radius 2 is 2.50 bits per heavy atom. The maximum atomic E-state index is 5.24. The fourth-order valence-corrected chi connectivity index (χ4v) is 2.03. The molecule has 0 saturated carbocycles. The first-order valence-electron chi connectivity index (χ1n) is 3.14. The van der Waals surface area contributed by atoms with Crippen molar-refractivity contribution in [2.75, 3.05) is 6.61 Å². The van der Waals surface area contributed by atoms with Gasteiger partial charge in [-0.25, -0.2) is 0 Å². The second-order valence-corrected chi connectivity index (χ2v) is 3.68. The van der Waals surface area contributed by atoms with Gasteiger partial charge in [0.1, 0.15) is 0 Å². The van der Waals surface area contributed by atoms with E-state index in [4.69, 9.17) is 4.74 Å². The maximum Gasteiger partial charge on any atom is 0.0820 e. The van der Waals surface area contributed by atoms with Crippen molar-refractivity contribution in [3.8, 4) is 0 Å². The second-order valence-electron chi connectivity index (χ2n) is 1.83. The summed E-state index contributed by atoms with van der Waals surface area (Å²) < 4.78 is 6.40. The zero-order valence-corrected chi connectivity index (χ0v) is 8.17. The first kappa shape index (κ1) is 8.24. The summed E-state index contributed by atoms with van der Waals surface area (Å²) in [6, 6.07) is 2.04. The summed E-state index contributed by atoms with van der Waals surface area (Å²) in [6.07, 6.45) is 0. The average molecular weight is 221 g/mol. The lowest BCUT2D eigenvalue weighted by Gasteiger charge is -1.96. The minimum Gasteiger partial charge on any atom is -0.376 e. The molecule has 10 heavy (non-hydrogen) atoms. The summed E-state index contributed by atoms with van der Waals surface area (Å²) in [7, 11) is 0. The first-order chi connectivity index (χ1) is 4.84. The van der Waals surface area contributed by atoms with E-state index in [2.05, 4.69) is 21.3 Å². The standard InChI is InChI=1S/C7H9BrOS/c1-2-9-5-7-6(8)3-4-10-7/h3-4H,2,5H2,1H3. The zero-order chi connectivity index (χ0) is 7.40. The van der Waals surface area contributed by atoms with Gasteiger partial charge in [0.15, 0.2) is 0 Å². The van der Waals surface area contributed by atoms with Crippen LogP contribution in [0.15, 0.2) is 15.9 Å². The van der Waals surface area contributed by atoms with Gasteiger partial charge in [-0.2, -0.15) is 0 Å². The zero-order valence-electron chi connectivity index (χ0n) is 5.76. The molecular formula is C7H9BrOS. The van der Waals surface area contributed by atoms with Gasteiger partial charge in [0.2, 0.25) is 0 Å². The molecule has 0 atom stereocenters. The minimum absolute atomic E-state index is 0.731. The van der Waals surface area contributed by atoms with E-state index in [1.807, 2.05) is 13.0 Å². The quantitative estimate of drug-likeness (QED) is 0.762. The fraction of sp³-hybridized carbons (Fsp3) is 0.429. The molecule has 0 aromatic carbocycles. The van der Waals surface area contributed by atoms with Gasteiger partial charge in [-0.05, 0) is 34.3 Å². The number of hydrogen-bond acceptors (Lipinski definition) is 2. The maximum absolute atomic E-state index is 5.24. The third-order valence-corrected chi connectivity index (χ3v) is 3.03.